The van der Waals surface area contributed by atoms with Crippen molar-refractivity contribution in [2.45, 2.75) is 12.3 Å². The van der Waals surface area contributed by atoms with E-state index in [1.54, 1.807) is 6.33 Å². The van der Waals surface area contributed by atoms with Gasteiger partial charge in [-0.25, -0.2) is 15.0 Å². The Kier molecular flexibility index (Phi) is 3.32. The van der Waals surface area contributed by atoms with E-state index in [2.05, 4.69) is 24.3 Å². The van der Waals surface area contributed by atoms with Crippen molar-refractivity contribution in [2.75, 3.05) is 25.4 Å². The lowest BCUT2D eigenvalue weighted by Gasteiger charge is -2.35. The molecule has 0 saturated carbocycles. The van der Waals surface area contributed by atoms with Crippen molar-refractivity contribution in [1.29, 1.82) is 0 Å². The Morgan fingerprint density at radius 1 is 1.42 bits per heavy atom. The van der Waals surface area contributed by atoms with Crippen molar-refractivity contribution in [3.8, 4) is 0 Å². The van der Waals surface area contributed by atoms with Crippen molar-refractivity contribution in [3.05, 3.63) is 12.7 Å². The fourth-order valence-electron chi connectivity index (χ4n) is 2.18. The first kappa shape index (κ1) is 12.7. The fourth-order valence-corrected chi connectivity index (χ4v) is 2.60. The molecule has 19 heavy (non-hydrogen) atoms. The summed E-state index contributed by atoms with van der Waals surface area (Å²) in [4.78, 5) is 12.3. The van der Waals surface area contributed by atoms with Crippen molar-refractivity contribution >= 4 is 26.4 Å². The molecule has 9 heteroatoms. The molecule has 0 amide bonds. The predicted molar refractivity (Wildman–Crippen MR) is 72.0 cm³/mol. The molecular weight excluding hydrogens is 267 g/mol. The topological polar surface area (TPSA) is 102 Å². The average molecular weight is 282 g/mol. The van der Waals surface area contributed by atoms with E-state index < -0.39 is 0 Å². The van der Waals surface area contributed by atoms with E-state index in [1.165, 1.54) is 6.33 Å². The number of anilines is 1. The summed E-state index contributed by atoms with van der Waals surface area (Å²) in [5.74, 6) is 0.348. The number of aliphatic hydroxyl groups excluding tert-OH is 1. The average Bonchev–Trinajstić information content (AvgIpc) is 2.83. The second-order valence-corrected chi connectivity index (χ2v) is 5.16. The van der Waals surface area contributed by atoms with Gasteiger partial charge in [-0.3, -0.25) is 9.24 Å². The van der Waals surface area contributed by atoms with Crippen LogP contribution in [0.25, 0.3) is 11.2 Å². The number of hydrogen-bond donors (Lipinski definition) is 2. The molecule has 1 aliphatic rings. The zero-order chi connectivity index (χ0) is 13.4. The second-order valence-electron chi connectivity index (χ2n) is 4.43. The van der Waals surface area contributed by atoms with Crippen molar-refractivity contribution in [2.24, 2.45) is 0 Å². The van der Waals surface area contributed by atoms with Gasteiger partial charge >= 0.3 is 0 Å². The number of rotatable bonds is 2. The van der Waals surface area contributed by atoms with Gasteiger partial charge in [0.25, 0.3) is 0 Å². The van der Waals surface area contributed by atoms with E-state index in [0.717, 1.165) is 0 Å². The molecule has 0 aliphatic carbocycles. The van der Waals surface area contributed by atoms with Crippen LogP contribution in [0.1, 0.15) is 6.23 Å². The monoisotopic (exact) mass is 282 g/mol. The van der Waals surface area contributed by atoms with Crippen LogP contribution < -0.4 is 5.73 Å². The molecule has 3 rings (SSSR count). The molecule has 3 atom stereocenters. The third kappa shape index (κ3) is 2.28. The smallest absolute Gasteiger partial charge is 0.167 e. The van der Waals surface area contributed by atoms with Gasteiger partial charge in [0.05, 0.1) is 19.0 Å². The first-order chi connectivity index (χ1) is 9.19. The highest BCUT2D eigenvalue weighted by molar-refractivity contribution is 7.13. The van der Waals surface area contributed by atoms with Gasteiger partial charge in [-0.1, -0.05) is 9.39 Å². The van der Waals surface area contributed by atoms with Gasteiger partial charge in [-0.2, -0.15) is 0 Å². The van der Waals surface area contributed by atoms with Crippen LogP contribution in [0.2, 0.25) is 0 Å². The van der Waals surface area contributed by atoms with Gasteiger partial charge in [-0.15, -0.1) is 0 Å². The van der Waals surface area contributed by atoms with Gasteiger partial charge < -0.3 is 15.6 Å². The predicted octanol–water partition coefficient (Wildman–Crippen LogP) is -0.610. The minimum absolute atomic E-state index is 0.0227. The molecule has 0 spiro atoms. The first-order valence-electron chi connectivity index (χ1n) is 5.88. The van der Waals surface area contributed by atoms with Gasteiger partial charge in [0.15, 0.2) is 11.5 Å². The Morgan fingerprint density at radius 3 is 3.05 bits per heavy atom. The van der Waals surface area contributed by atoms with Crippen LogP contribution in [-0.4, -0.2) is 55.1 Å². The van der Waals surface area contributed by atoms with Crippen LogP contribution in [-0.2, 0) is 4.74 Å². The quantitative estimate of drug-likeness (QED) is 0.708. The van der Waals surface area contributed by atoms with Crippen LogP contribution in [0.4, 0.5) is 5.82 Å². The maximum atomic E-state index is 9.25. The molecule has 0 radical (unpaired) electrons. The number of aromatic nitrogens is 4. The molecule has 1 aliphatic heterocycles. The van der Waals surface area contributed by atoms with Crippen molar-refractivity contribution in [3.63, 3.8) is 0 Å². The normalized spacial score (nSPS) is 24.9. The summed E-state index contributed by atoms with van der Waals surface area (Å²) in [5, 5.41) is 9.25. The first-order valence-corrected chi connectivity index (χ1v) is 6.39. The lowest BCUT2D eigenvalue weighted by molar-refractivity contribution is -0.113. The number of imidazole rings is 1. The lowest BCUT2D eigenvalue weighted by atomic mass is 10.3. The van der Waals surface area contributed by atoms with Crippen LogP contribution >= 0.6 is 9.39 Å². The van der Waals surface area contributed by atoms with E-state index in [1.807, 2.05) is 9.24 Å². The largest absolute Gasteiger partial charge is 0.394 e. The molecule has 1 saturated heterocycles. The lowest BCUT2D eigenvalue weighted by Crippen LogP contribution is -2.42. The molecule has 102 valence electrons. The molecule has 0 aromatic carbocycles. The number of ether oxygens (including phenoxy) is 1. The number of fused-ring (bicyclic) bond motifs is 1. The zero-order valence-electron chi connectivity index (χ0n) is 10.2. The molecule has 2 aromatic heterocycles. The highest BCUT2D eigenvalue weighted by Gasteiger charge is 2.28. The number of hydrogen-bond acceptors (Lipinski definition) is 7. The molecule has 0 bridgehead atoms. The number of nitrogens with zero attached hydrogens (tertiary/aromatic N) is 5. The summed E-state index contributed by atoms with van der Waals surface area (Å²) in [6.07, 6.45) is 2.55. The molecule has 2 aromatic rings. The third-order valence-corrected chi connectivity index (χ3v) is 3.50. The SMILES string of the molecule is Nc1ncnc2c1ncn2C1CN(P)CC(CO)O1. The van der Waals surface area contributed by atoms with E-state index in [4.69, 9.17) is 10.5 Å². The Bertz CT molecular complexity index is 590. The second kappa shape index (κ2) is 4.97. The minimum Gasteiger partial charge on any atom is -0.394 e. The molecule has 3 heterocycles. The molecule has 3 N–H and O–H groups in total. The third-order valence-electron chi connectivity index (χ3n) is 3.08. The van der Waals surface area contributed by atoms with Crippen LogP contribution in [0.3, 0.4) is 0 Å². The standard InChI is InChI=1S/C10H15N6O2P/c11-9-8-10(13-4-12-9)16(5-14-8)7-2-15(19)1-6(3-17)18-7/h4-7,17H,1-3,19H2,(H2,11,12,13). The van der Waals surface area contributed by atoms with Gasteiger partial charge in [0, 0.05) is 13.1 Å². The summed E-state index contributed by atoms with van der Waals surface area (Å²) in [6, 6.07) is 0. The summed E-state index contributed by atoms with van der Waals surface area (Å²) in [7, 11) is 2.63. The van der Waals surface area contributed by atoms with E-state index >= 15 is 0 Å². The van der Waals surface area contributed by atoms with Gasteiger partial charge in [0.1, 0.15) is 18.1 Å². The highest BCUT2D eigenvalue weighted by Crippen LogP contribution is 2.25. The van der Waals surface area contributed by atoms with E-state index in [0.29, 0.717) is 30.1 Å². The molecular formula is C10H15N6O2P. The minimum atomic E-state index is -0.261. The highest BCUT2D eigenvalue weighted by atomic mass is 31.0. The maximum absolute atomic E-state index is 9.25. The number of morpholine rings is 1. The van der Waals surface area contributed by atoms with Crippen molar-refractivity contribution in [1.82, 2.24) is 24.2 Å². The van der Waals surface area contributed by atoms with Gasteiger partial charge in [0.2, 0.25) is 0 Å². The molecule has 1 fully saturated rings. The number of aliphatic hydroxyl groups is 1. The Balaban J connectivity index is 1.97. The van der Waals surface area contributed by atoms with Gasteiger partial charge in [-0.05, 0) is 0 Å². The van der Waals surface area contributed by atoms with Crippen molar-refractivity contribution < 1.29 is 9.84 Å². The van der Waals surface area contributed by atoms with E-state index in [-0.39, 0.29) is 18.9 Å². The maximum Gasteiger partial charge on any atom is 0.167 e. The number of nitrogen functional groups attached to an aromatic ring is 1. The zero-order valence-corrected chi connectivity index (χ0v) is 11.3. The van der Waals surface area contributed by atoms with Crippen LogP contribution in [0.5, 0.6) is 0 Å². The summed E-state index contributed by atoms with van der Waals surface area (Å²) < 4.78 is 9.65. The molecule has 8 nitrogen and oxygen atoms in total. The number of nitrogens with two attached hydrogens (primary N) is 1. The summed E-state index contributed by atoms with van der Waals surface area (Å²) >= 11 is 0. The van der Waals surface area contributed by atoms with Crippen LogP contribution in [0, 0.1) is 0 Å². The van der Waals surface area contributed by atoms with Crippen LogP contribution in [0.15, 0.2) is 12.7 Å². The Labute approximate surface area is 111 Å². The Hall–Kier alpha value is -1.34. The summed E-state index contributed by atoms with van der Waals surface area (Å²) in [5.41, 5.74) is 6.95. The van der Waals surface area contributed by atoms with E-state index in [9.17, 15) is 5.11 Å². The summed E-state index contributed by atoms with van der Waals surface area (Å²) in [6.45, 7) is 1.31. The Morgan fingerprint density at radius 2 is 2.26 bits per heavy atom. The molecule has 3 unspecified atom stereocenters. The fraction of sp³-hybridized carbons (Fsp3) is 0.500.